The number of carbonyl (C=O) groups is 2. The maximum Gasteiger partial charge on any atom is 0.308 e. The molecule has 2 aliphatic rings. The number of carboxylic acids is 1. The van der Waals surface area contributed by atoms with E-state index in [2.05, 4.69) is 35.8 Å². The normalized spacial score (nSPS) is 20.6. The van der Waals surface area contributed by atoms with Gasteiger partial charge in [-0.05, 0) is 64.0 Å². The summed E-state index contributed by atoms with van der Waals surface area (Å²) in [5.41, 5.74) is 0.903. The van der Waals surface area contributed by atoms with Crippen LogP contribution < -0.4 is 9.47 Å². The summed E-state index contributed by atoms with van der Waals surface area (Å²) in [4.78, 5) is 36.8. The van der Waals surface area contributed by atoms with Gasteiger partial charge < -0.3 is 28.9 Å². The molecule has 0 spiro atoms. The molecule has 4 rings (SSSR count). The Morgan fingerprint density at radius 2 is 1.87 bits per heavy atom. The Kier molecular flexibility index (Phi) is 10.2. The second kappa shape index (κ2) is 13.8. The van der Waals surface area contributed by atoms with Crippen molar-refractivity contribution < 1.29 is 24.2 Å². The Morgan fingerprint density at radius 1 is 1.10 bits per heavy atom. The number of carboxylic acid groups (broad SMARTS) is 1. The number of likely N-dealkylation sites (tertiary alicyclic amines) is 1. The van der Waals surface area contributed by atoms with E-state index in [-0.39, 0.29) is 31.2 Å². The van der Waals surface area contributed by atoms with Crippen LogP contribution in [0.3, 0.4) is 0 Å². The molecule has 1 fully saturated rings. The number of imidazole rings is 1. The van der Waals surface area contributed by atoms with Crippen LogP contribution in [0.5, 0.6) is 11.5 Å². The molecule has 1 unspecified atom stereocenters. The van der Waals surface area contributed by atoms with Gasteiger partial charge in [-0.15, -0.1) is 0 Å². The molecule has 0 bridgehead atoms. The lowest BCUT2D eigenvalue weighted by atomic mass is 9.84. The summed E-state index contributed by atoms with van der Waals surface area (Å²) in [5.74, 6) is -0.350. The number of ether oxygens (including phenoxy) is 2. The smallest absolute Gasteiger partial charge is 0.308 e. The highest BCUT2D eigenvalue weighted by molar-refractivity contribution is 5.79. The second-order valence-electron chi connectivity index (χ2n) is 10.9. The second-order valence-corrected chi connectivity index (χ2v) is 10.9. The molecule has 0 radical (unpaired) electrons. The van der Waals surface area contributed by atoms with Gasteiger partial charge in [-0.2, -0.15) is 0 Å². The van der Waals surface area contributed by atoms with Crippen molar-refractivity contribution in [2.24, 2.45) is 5.92 Å². The first kappa shape index (κ1) is 28.9. The molecule has 2 aliphatic heterocycles. The third-order valence-corrected chi connectivity index (χ3v) is 7.86. The summed E-state index contributed by atoms with van der Waals surface area (Å²) >= 11 is 0. The first-order chi connectivity index (χ1) is 18.9. The van der Waals surface area contributed by atoms with E-state index < -0.39 is 11.9 Å². The lowest BCUT2D eigenvalue weighted by molar-refractivity contribution is -0.144. The predicted molar refractivity (Wildman–Crippen MR) is 148 cm³/mol. The summed E-state index contributed by atoms with van der Waals surface area (Å²) in [5, 5.41) is 10.4. The van der Waals surface area contributed by atoms with Crippen molar-refractivity contribution in [3.63, 3.8) is 0 Å². The van der Waals surface area contributed by atoms with Gasteiger partial charge in [0.2, 0.25) is 12.7 Å². The van der Waals surface area contributed by atoms with Crippen molar-refractivity contribution in [1.29, 1.82) is 0 Å². The first-order valence-electron chi connectivity index (χ1n) is 14.1. The number of nitrogens with zero attached hydrogens (tertiary/aromatic N) is 5. The number of benzene rings is 1. The minimum atomic E-state index is -0.838. The average Bonchev–Trinajstić information content (AvgIpc) is 3.66. The van der Waals surface area contributed by atoms with Crippen LogP contribution in [-0.4, -0.2) is 101 Å². The van der Waals surface area contributed by atoms with E-state index in [0.29, 0.717) is 31.0 Å². The fraction of sp³-hybridized carbons (Fsp3) is 0.621. The van der Waals surface area contributed by atoms with Crippen LogP contribution in [0.15, 0.2) is 36.9 Å². The average molecular weight is 542 g/mol. The highest BCUT2D eigenvalue weighted by Gasteiger charge is 2.47. The van der Waals surface area contributed by atoms with Gasteiger partial charge in [0.1, 0.15) is 0 Å². The third kappa shape index (κ3) is 7.51. The highest BCUT2D eigenvalue weighted by atomic mass is 16.7. The molecule has 0 saturated carbocycles. The topological polar surface area (TPSA) is 100 Å². The number of fused-ring (bicyclic) bond motifs is 1. The molecule has 10 heteroatoms. The zero-order valence-electron chi connectivity index (χ0n) is 23.5. The van der Waals surface area contributed by atoms with Gasteiger partial charge in [0, 0.05) is 50.5 Å². The number of aliphatic carboxylic acids is 1. The third-order valence-electron chi connectivity index (χ3n) is 7.86. The molecule has 1 amide bonds. The van der Waals surface area contributed by atoms with E-state index >= 15 is 0 Å². The largest absolute Gasteiger partial charge is 0.481 e. The SMILES string of the molecule is CCCCN(CCCCN(C)C)C(=O)CN1C[C@H](c2ccc3c(c2)OCO3)C(C(=O)O)[C@@H]1CCn1ccnc1. The number of carbonyl (C=O) groups excluding carboxylic acids is 1. The van der Waals surface area contributed by atoms with Crippen molar-refractivity contribution >= 4 is 11.9 Å². The van der Waals surface area contributed by atoms with Crippen LogP contribution in [0.2, 0.25) is 0 Å². The number of rotatable bonds is 15. The molecule has 1 saturated heterocycles. The number of aromatic nitrogens is 2. The Balaban J connectivity index is 1.53. The Bertz CT molecular complexity index is 1080. The van der Waals surface area contributed by atoms with Crippen molar-refractivity contribution in [1.82, 2.24) is 24.3 Å². The molecule has 10 nitrogen and oxygen atoms in total. The molecular weight excluding hydrogens is 498 g/mol. The Morgan fingerprint density at radius 3 is 2.59 bits per heavy atom. The lowest BCUT2D eigenvalue weighted by Crippen LogP contribution is -2.45. The van der Waals surface area contributed by atoms with Crippen LogP contribution >= 0.6 is 0 Å². The van der Waals surface area contributed by atoms with Gasteiger partial charge >= 0.3 is 5.97 Å². The van der Waals surface area contributed by atoms with Crippen LogP contribution in [0, 0.1) is 5.92 Å². The molecule has 214 valence electrons. The Hall–Kier alpha value is -3.11. The van der Waals surface area contributed by atoms with E-state index in [9.17, 15) is 14.7 Å². The van der Waals surface area contributed by atoms with Gasteiger partial charge in [-0.25, -0.2) is 4.98 Å². The van der Waals surface area contributed by atoms with Gasteiger partial charge in [0.25, 0.3) is 0 Å². The number of hydrogen-bond donors (Lipinski definition) is 1. The van der Waals surface area contributed by atoms with E-state index in [4.69, 9.17) is 9.47 Å². The summed E-state index contributed by atoms with van der Waals surface area (Å²) in [6.07, 6.45) is 9.93. The van der Waals surface area contributed by atoms with Crippen LogP contribution in [0.4, 0.5) is 0 Å². The number of unbranched alkanes of at least 4 members (excludes halogenated alkanes) is 2. The minimum absolute atomic E-state index is 0.0800. The predicted octanol–water partition coefficient (Wildman–Crippen LogP) is 3.14. The quantitative estimate of drug-likeness (QED) is 0.343. The minimum Gasteiger partial charge on any atom is -0.481 e. The van der Waals surface area contributed by atoms with Crippen molar-refractivity contribution in [2.75, 3.05) is 53.6 Å². The molecule has 1 aromatic carbocycles. The molecule has 1 aromatic heterocycles. The summed E-state index contributed by atoms with van der Waals surface area (Å²) in [7, 11) is 4.12. The molecule has 39 heavy (non-hydrogen) atoms. The molecule has 2 aromatic rings. The van der Waals surface area contributed by atoms with Crippen LogP contribution in [0.25, 0.3) is 0 Å². The zero-order valence-corrected chi connectivity index (χ0v) is 23.5. The standard InChI is InChI=1S/C29H43N5O5/c1-4-5-13-33(14-7-6-12-31(2)3)27(35)19-34-18-23(22-8-9-25-26(17-22)39-21-38-25)28(29(36)37)24(34)10-15-32-16-11-30-20-32/h8-9,11,16-17,20,23-24,28H,4-7,10,12-15,18-19,21H2,1-3H3,(H,36,37)/t23-,24+,28?/m1/s1. The molecule has 3 heterocycles. The lowest BCUT2D eigenvalue weighted by Gasteiger charge is -2.30. The first-order valence-corrected chi connectivity index (χ1v) is 14.1. The van der Waals surface area contributed by atoms with Crippen LogP contribution in [-0.2, 0) is 16.1 Å². The highest BCUT2D eigenvalue weighted by Crippen LogP contribution is 2.42. The van der Waals surface area contributed by atoms with Gasteiger partial charge in [-0.1, -0.05) is 19.4 Å². The number of aryl methyl sites for hydroxylation is 1. The van der Waals surface area contributed by atoms with E-state index in [1.807, 2.05) is 33.9 Å². The van der Waals surface area contributed by atoms with Gasteiger partial charge in [0.05, 0.1) is 18.8 Å². The molecule has 3 atom stereocenters. The summed E-state index contributed by atoms with van der Waals surface area (Å²) < 4.78 is 13.0. The van der Waals surface area contributed by atoms with E-state index in [1.54, 1.807) is 12.5 Å². The van der Waals surface area contributed by atoms with Gasteiger partial charge in [0.15, 0.2) is 11.5 Å². The van der Waals surface area contributed by atoms with Crippen molar-refractivity contribution in [2.45, 2.75) is 57.5 Å². The fourth-order valence-corrected chi connectivity index (χ4v) is 5.75. The summed E-state index contributed by atoms with van der Waals surface area (Å²) in [6, 6.07) is 5.40. The van der Waals surface area contributed by atoms with E-state index in [1.165, 1.54) is 0 Å². The summed E-state index contributed by atoms with van der Waals surface area (Å²) in [6.45, 7) is 6.12. The van der Waals surface area contributed by atoms with Crippen LogP contribution in [0.1, 0.15) is 50.5 Å². The van der Waals surface area contributed by atoms with Gasteiger partial charge in [-0.3, -0.25) is 14.5 Å². The van der Waals surface area contributed by atoms with Crippen molar-refractivity contribution in [3.05, 3.63) is 42.5 Å². The number of amides is 1. The number of hydrogen-bond acceptors (Lipinski definition) is 7. The van der Waals surface area contributed by atoms with E-state index in [0.717, 1.165) is 50.9 Å². The molecular formula is C29H43N5O5. The molecule has 1 N–H and O–H groups in total. The maximum atomic E-state index is 13.7. The van der Waals surface area contributed by atoms with Crippen molar-refractivity contribution in [3.8, 4) is 11.5 Å². The monoisotopic (exact) mass is 541 g/mol. The maximum absolute atomic E-state index is 13.7. The zero-order chi connectivity index (χ0) is 27.8. The Labute approximate surface area is 231 Å². The fourth-order valence-electron chi connectivity index (χ4n) is 5.75. The molecule has 0 aliphatic carbocycles.